The van der Waals surface area contributed by atoms with Gasteiger partial charge in [0.2, 0.25) is 0 Å². The lowest BCUT2D eigenvalue weighted by molar-refractivity contribution is 0.660. The smallest absolute Gasteiger partial charge is 0.153 e. The number of aryl methyl sites for hydroxylation is 1. The zero-order chi connectivity index (χ0) is 13.8. The Labute approximate surface area is 122 Å². The quantitative estimate of drug-likeness (QED) is 0.860. The first kappa shape index (κ1) is 14.2. The maximum atomic E-state index is 4.65. The molecule has 0 amide bonds. The molecule has 0 aliphatic carbocycles. The van der Waals surface area contributed by atoms with E-state index in [1.54, 1.807) is 0 Å². The highest BCUT2D eigenvalue weighted by molar-refractivity contribution is 9.10. The van der Waals surface area contributed by atoms with Crippen LogP contribution in [0.4, 0.5) is 0 Å². The number of hydrogen-bond acceptors (Lipinski definition) is 3. The summed E-state index contributed by atoms with van der Waals surface area (Å²) in [6.45, 7) is 7.98. The molecule has 0 saturated heterocycles. The van der Waals surface area contributed by atoms with Crippen LogP contribution in [0.25, 0.3) is 5.82 Å². The fourth-order valence-electron chi connectivity index (χ4n) is 1.92. The second-order valence-corrected chi connectivity index (χ2v) is 5.35. The van der Waals surface area contributed by atoms with Crippen molar-refractivity contribution >= 4 is 15.9 Å². The van der Waals surface area contributed by atoms with Crippen molar-refractivity contribution in [3.63, 3.8) is 0 Å². The maximum Gasteiger partial charge on any atom is 0.153 e. The van der Waals surface area contributed by atoms with Crippen molar-refractivity contribution < 1.29 is 0 Å². The molecule has 0 spiro atoms. The molecule has 0 fully saturated rings. The summed E-state index contributed by atoms with van der Waals surface area (Å²) < 4.78 is 2.92. The molecule has 5 heteroatoms. The monoisotopic (exact) mass is 322 g/mol. The van der Waals surface area contributed by atoms with E-state index in [1.165, 1.54) is 0 Å². The summed E-state index contributed by atoms with van der Waals surface area (Å²) in [4.78, 5) is 4.65. The highest BCUT2D eigenvalue weighted by atomic mass is 79.9. The highest BCUT2D eigenvalue weighted by Crippen LogP contribution is 2.22. The molecule has 1 N–H and O–H groups in total. The lowest BCUT2D eigenvalue weighted by atomic mass is 10.3. The Morgan fingerprint density at radius 2 is 2.11 bits per heavy atom. The Morgan fingerprint density at radius 1 is 1.32 bits per heavy atom. The van der Waals surface area contributed by atoms with Crippen LogP contribution in [-0.2, 0) is 6.54 Å². The molecule has 0 radical (unpaired) electrons. The van der Waals surface area contributed by atoms with E-state index in [2.05, 4.69) is 38.3 Å². The lowest BCUT2D eigenvalue weighted by Gasteiger charge is -2.07. The van der Waals surface area contributed by atoms with Crippen molar-refractivity contribution in [1.29, 1.82) is 0 Å². The maximum absolute atomic E-state index is 4.65. The van der Waals surface area contributed by atoms with Gasteiger partial charge in [0, 0.05) is 6.54 Å². The standard InChI is InChI=1S/C14H19BrN4/c1-4-8-16-9-12-6-5-7-13(17-12)19-11(3)14(15)10(2)18-19/h5-7,16H,4,8-9H2,1-3H3. The molecular weight excluding hydrogens is 304 g/mol. The number of aromatic nitrogens is 3. The van der Waals surface area contributed by atoms with Gasteiger partial charge in [-0.1, -0.05) is 13.0 Å². The van der Waals surface area contributed by atoms with E-state index in [0.717, 1.165) is 46.9 Å². The van der Waals surface area contributed by atoms with E-state index in [-0.39, 0.29) is 0 Å². The van der Waals surface area contributed by atoms with Gasteiger partial charge < -0.3 is 5.32 Å². The number of rotatable bonds is 5. The van der Waals surface area contributed by atoms with Crippen LogP contribution in [0.5, 0.6) is 0 Å². The molecule has 2 rings (SSSR count). The van der Waals surface area contributed by atoms with Crippen LogP contribution in [0.15, 0.2) is 22.7 Å². The number of nitrogens with one attached hydrogen (secondary N) is 1. The normalized spacial score (nSPS) is 10.9. The average molecular weight is 323 g/mol. The van der Waals surface area contributed by atoms with Crippen LogP contribution in [0.2, 0.25) is 0 Å². The van der Waals surface area contributed by atoms with Crippen LogP contribution < -0.4 is 5.32 Å². The van der Waals surface area contributed by atoms with E-state index in [0.29, 0.717) is 0 Å². The first-order chi connectivity index (χ1) is 9.13. The largest absolute Gasteiger partial charge is 0.311 e. The second-order valence-electron chi connectivity index (χ2n) is 4.56. The molecular formula is C14H19BrN4. The molecule has 2 aromatic heterocycles. The van der Waals surface area contributed by atoms with Crippen molar-refractivity contribution in [2.24, 2.45) is 0 Å². The first-order valence-corrected chi connectivity index (χ1v) is 7.31. The Balaban J connectivity index is 2.25. The fraction of sp³-hybridized carbons (Fsp3) is 0.429. The van der Waals surface area contributed by atoms with Gasteiger partial charge in [-0.3, -0.25) is 0 Å². The minimum absolute atomic E-state index is 0.794. The Hall–Kier alpha value is -1.20. The summed E-state index contributed by atoms with van der Waals surface area (Å²) >= 11 is 3.54. The minimum atomic E-state index is 0.794. The van der Waals surface area contributed by atoms with E-state index in [9.17, 15) is 0 Å². The minimum Gasteiger partial charge on any atom is -0.311 e. The summed E-state index contributed by atoms with van der Waals surface area (Å²) in [6, 6.07) is 6.04. The molecule has 102 valence electrons. The van der Waals surface area contributed by atoms with Gasteiger partial charge in [0.15, 0.2) is 5.82 Å². The van der Waals surface area contributed by atoms with E-state index < -0.39 is 0 Å². The summed E-state index contributed by atoms with van der Waals surface area (Å²) in [6.07, 6.45) is 1.13. The van der Waals surface area contributed by atoms with E-state index in [4.69, 9.17) is 0 Å². The van der Waals surface area contributed by atoms with Crippen LogP contribution >= 0.6 is 15.9 Å². The van der Waals surface area contributed by atoms with Crippen LogP contribution in [-0.4, -0.2) is 21.3 Å². The van der Waals surface area contributed by atoms with Gasteiger partial charge in [0.05, 0.1) is 21.6 Å². The topological polar surface area (TPSA) is 42.7 Å². The molecule has 0 bridgehead atoms. The van der Waals surface area contributed by atoms with Gasteiger partial charge in [-0.2, -0.15) is 5.10 Å². The van der Waals surface area contributed by atoms with E-state index >= 15 is 0 Å². The van der Waals surface area contributed by atoms with Gasteiger partial charge in [-0.15, -0.1) is 0 Å². The number of nitrogens with zero attached hydrogens (tertiary/aromatic N) is 3. The van der Waals surface area contributed by atoms with Gasteiger partial charge in [0.1, 0.15) is 0 Å². The first-order valence-electron chi connectivity index (χ1n) is 6.52. The van der Waals surface area contributed by atoms with Crippen molar-refractivity contribution in [2.75, 3.05) is 6.54 Å². The molecule has 2 heterocycles. The summed E-state index contributed by atoms with van der Waals surface area (Å²) in [5.74, 6) is 0.863. The predicted molar refractivity (Wildman–Crippen MR) is 80.5 cm³/mol. The van der Waals surface area contributed by atoms with Crippen LogP contribution in [0, 0.1) is 13.8 Å². The Kier molecular flexibility index (Phi) is 4.71. The number of hydrogen-bond donors (Lipinski definition) is 1. The highest BCUT2D eigenvalue weighted by Gasteiger charge is 2.11. The van der Waals surface area contributed by atoms with Gasteiger partial charge >= 0.3 is 0 Å². The fourth-order valence-corrected chi connectivity index (χ4v) is 2.17. The second kappa shape index (κ2) is 6.30. The van der Waals surface area contributed by atoms with E-state index in [1.807, 2.05) is 36.7 Å². The molecule has 0 aliphatic heterocycles. The Morgan fingerprint density at radius 3 is 2.74 bits per heavy atom. The number of pyridine rings is 1. The summed E-state index contributed by atoms with van der Waals surface area (Å²) in [7, 11) is 0. The van der Waals surface area contributed by atoms with Crippen molar-refractivity contribution in [3.05, 3.63) is 39.8 Å². The zero-order valence-electron chi connectivity index (χ0n) is 11.6. The molecule has 0 unspecified atom stereocenters. The zero-order valence-corrected chi connectivity index (χ0v) is 13.2. The van der Waals surface area contributed by atoms with Crippen LogP contribution in [0.3, 0.4) is 0 Å². The van der Waals surface area contributed by atoms with Crippen LogP contribution in [0.1, 0.15) is 30.4 Å². The van der Waals surface area contributed by atoms with Crippen molar-refractivity contribution in [1.82, 2.24) is 20.1 Å². The molecule has 19 heavy (non-hydrogen) atoms. The van der Waals surface area contributed by atoms with Gasteiger partial charge in [-0.25, -0.2) is 9.67 Å². The third kappa shape index (κ3) is 3.22. The van der Waals surface area contributed by atoms with Gasteiger partial charge in [-0.05, 0) is 54.9 Å². The number of halogens is 1. The molecule has 2 aromatic rings. The summed E-state index contributed by atoms with van der Waals surface area (Å²) in [5, 5.41) is 7.86. The molecule has 0 atom stereocenters. The predicted octanol–water partition coefficient (Wildman–Crippen LogP) is 3.15. The molecule has 0 aromatic carbocycles. The van der Waals surface area contributed by atoms with Gasteiger partial charge in [0.25, 0.3) is 0 Å². The third-order valence-corrected chi connectivity index (χ3v) is 4.09. The SMILES string of the molecule is CCCNCc1cccc(-n2nc(C)c(Br)c2C)n1. The molecule has 0 saturated carbocycles. The third-order valence-electron chi connectivity index (χ3n) is 2.94. The van der Waals surface area contributed by atoms with Crippen molar-refractivity contribution in [3.8, 4) is 5.82 Å². The summed E-state index contributed by atoms with van der Waals surface area (Å²) in [5.41, 5.74) is 3.09. The molecule has 0 aliphatic rings. The lowest BCUT2D eigenvalue weighted by Crippen LogP contribution is -2.15. The van der Waals surface area contributed by atoms with Crippen molar-refractivity contribution in [2.45, 2.75) is 33.7 Å². The Bertz CT molecular complexity index is 563. The average Bonchev–Trinajstić information content (AvgIpc) is 2.67. The molecule has 4 nitrogen and oxygen atoms in total.